The summed E-state index contributed by atoms with van der Waals surface area (Å²) < 4.78 is 5.39. The van der Waals surface area contributed by atoms with Crippen molar-refractivity contribution in [2.45, 2.75) is 18.8 Å². The summed E-state index contributed by atoms with van der Waals surface area (Å²) in [6.07, 6.45) is 2.38. The molecule has 0 amide bonds. The van der Waals surface area contributed by atoms with E-state index < -0.39 is 0 Å². The first-order chi connectivity index (χ1) is 8.72. The van der Waals surface area contributed by atoms with Gasteiger partial charge in [0.05, 0.1) is 16.7 Å². The standard InChI is InChI=1S/C14H19Cl2NO/c1-18-9-12(10-4-6-17-7-5-10)11-2-3-13(15)14(16)8-11/h2-3,8,10,12,17H,4-7,9H2,1H3/t12-/m0/s1. The maximum Gasteiger partial charge on any atom is 0.0595 e. The zero-order valence-electron chi connectivity index (χ0n) is 10.6. The molecule has 18 heavy (non-hydrogen) atoms. The number of piperidine rings is 1. The molecule has 1 atom stereocenters. The predicted molar refractivity (Wildman–Crippen MR) is 76.7 cm³/mol. The molecule has 0 saturated carbocycles. The number of ether oxygens (including phenoxy) is 1. The molecule has 1 fully saturated rings. The highest BCUT2D eigenvalue weighted by Crippen LogP contribution is 2.34. The summed E-state index contributed by atoms with van der Waals surface area (Å²) in [5.41, 5.74) is 1.23. The summed E-state index contributed by atoms with van der Waals surface area (Å²) >= 11 is 12.1. The Morgan fingerprint density at radius 1 is 1.28 bits per heavy atom. The molecule has 0 aromatic heterocycles. The Balaban J connectivity index is 2.19. The van der Waals surface area contributed by atoms with Gasteiger partial charge < -0.3 is 10.1 Å². The SMILES string of the molecule is COC[C@H](c1ccc(Cl)c(Cl)c1)C1CCNCC1. The number of benzene rings is 1. The van der Waals surface area contributed by atoms with Gasteiger partial charge in [-0.1, -0.05) is 29.3 Å². The molecule has 2 nitrogen and oxygen atoms in total. The molecular formula is C14H19Cl2NO. The van der Waals surface area contributed by atoms with Crippen molar-refractivity contribution in [3.8, 4) is 0 Å². The van der Waals surface area contributed by atoms with Crippen LogP contribution in [0.5, 0.6) is 0 Å². The third kappa shape index (κ3) is 3.39. The van der Waals surface area contributed by atoms with Gasteiger partial charge in [-0.2, -0.15) is 0 Å². The largest absolute Gasteiger partial charge is 0.384 e. The lowest BCUT2D eigenvalue weighted by molar-refractivity contribution is 0.144. The molecule has 0 unspecified atom stereocenters. The van der Waals surface area contributed by atoms with Gasteiger partial charge in [-0.25, -0.2) is 0 Å². The summed E-state index contributed by atoms with van der Waals surface area (Å²) in [4.78, 5) is 0. The van der Waals surface area contributed by atoms with Crippen LogP contribution in [-0.2, 0) is 4.74 Å². The Bertz CT molecular complexity index is 391. The monoisotopic (exact) mass is 287 g/mol. The zero-order valence-corrected chi connectivity index (χ0v) is 12.1. The highest BCUT2D eigenvalue weighted by Gasteiger charge is 2.25. The van der Waals surface area contributed by atoms with Crippen molar-refractivity contribution in [3.05, 3.63) is 33.8 Å². The van der Waals surface area contributed by atoms with Crippen LogP contribution in [0.25, 0.3) is 0 Å². The molecule has 4 heteroatoms. The molecule has 0 radical (unpaired) electrons. The Kier molecular flexibility index (Phi) is 5.31. The van der Waals surface area contributed by atoms with Gasteiger partial charge in [-0.3, -0.25) is 0 Å². The highest BCUT2D eigenvalue weighted by atomic mass is 35.5. The maximum atomic E-state index is 6.11. The van der Waals surface area contributed by atoms with E-state index in [1.807, 2.05) is 12.1 Å². The van der Waals surface area contributed by atoms with E-state index in [2.05, 4.69) is 11.4 Å². The van der Waals surface area contributed by atoms with Gasteiger partial charge in [-0.15, -0.1) is 0 Å². The van der Waals surface area contributed by atoms with Gasteiger partial charge in [0.2, 0.25) is 0 Å². The third-order valence-corrected chi connectivity index (χ3v) is 4.41. The topological polar surface area (TPSA) is 21.3 Å². The van der Waals surface area contributed by atoms with E-state index in [1.165, 1.54) is 18.4 Å². The molecule has 1 heterocycles. The molecule has 100 valence electrons. The average molecular weight is 288 g/mol. The number of methoxy groups -OCH3 is 1. The van der Waals surface area contributed by atoms with E-state index in [1.54, 1.807) is 7.11 Å². The number of rotatable bonds is 4. The molecular weight excluding hydrogens is 269 g/mol. The van der Waals surface area contributed by atoms with Crippen LogP contribution >= 0.6 is 23.2 Å². The van der Waals surface area contributed by atoms with Crippen molar-refractivity contribution < 1.29 is 4.74 Å². The zero-order chi connectivity index (χ0) is 13.0. The van der Waals surface area contributed by atoms with Crippen LogP contribution in [0.2, 0.25) is 10.0 Å². The number of hydrogen-bond donors (Lipinski definition) is 1. The van der Waals surface area contributed by atoms with Crippen LogP contribution in [0, 0.1) is 5.92 Å². The lowest BCUT2D eigenvalue weighted by atomic mass is 9.81. The van der Waals surface area contributed by atoms with Crippen LogP contribution in [-0.4, -0.2) is 26.8 Å². The lowest BCUT2D eigenvalue weighted by Gasteiger charge is -2.30. The van der Waals surface area contributed by atoms with Gasteiger partial charge in [0.25, 0.3) is 0 Å². The summed E-state index contributed by atoms with van der Waals surface area (Å²) in [7, 11) is 1.76. The molecule has 1 saturated heterocycles. The quantitative estimate of drug-likeness (QED) is 0.911. The van der Waals surface area contributed by atoms with Crippen LogP contribution < -0.4 is 5.32 Å². The number of hydrogen-bond acceptors (Lipinski definition) is 2. The van der Waals surface area contributed by atoms with Gasteiger partial charge >= 0.3 is 0 Å². The minimum atomic E-state index is 0.409. The third-order valence-electron chi connectivity index (χ3n) is 3.67. The van der Waals surface area contributed by atoms with Crippen molar-refractivity contribution in [2.75, 3.05) is 26.8 Å². The molecule has 1 aliphatic heterocycles. The molecule has 0 spiro atoms. The molecule has 1 aliphatic rings. The normalized spacial score (nSPS) is 18.8. The van der Waals surface area contributed by atoms with Gasteiger partial charge in [0.15, 0.2) is 0 Å². The summed E-state index contributed by atoms with van der Waals surface area (Å²) in [6.45, 7) is 2.92. The van der Waals surface area contributed by atoms with Crippen LogP contribution in [0.4, 0.5) is 0 Å². The van der Waals surface area contributed by atoms with Gasteiger partial charge in [-0.05, 0) is 49.5 Å². The maximum absolute atomic E-state index is 6.11. The average Bonchev–Trinajstić information content (AvgIpc) is 2.40. The molecule has 0 bridgehead atoms. The van der Waals surface area contributed by atoms with Crippen LogP contribution in [0.3, 0.4) is 0 Å². The van der Waals surface area contributed by atoms with E-state index in [9.17, 15) is 0 Å². The second-order valence-electron chi connectivity index (χ2n) is 4.82. The van der Waals surface area contributed by atoms with Gasteiger partial charge in [0.1, 0.15) is 0 Å². The second kappa shape index (κ2) is 6.76. The Hall–Kier alpha value is -0.280. The number of nitrogens with one attached hydrogen (secondary N) is 1. The Morgan fingerprint density at radius 2 is 2.00 bits per heavy atom. The molecule has 0 aliphatic carbocycles. The highest BCUT2D eigenvalue weighted by molar-refractivity contribution is 6.42. The molecule has 1 aromatic rings. The fraction of sp³-hybridized carbons (Fsp3) is 0.571. The smallest absolute Gasteiger partial charge is 0.0595 e. The lowest BCUT2D eigenvalue weighted by Crippen LogP contribution is -2.32. The van der Waals surface area contributed by atoms with Crippen molar-refractivity contribution in [1.29, 1.82) is 0 Å². The Labute approximate surface area is 119 Å². The molecule has 1 aromatic carbocycles. The minimum absolute atomic E-state index is 0.409. The first-order valence-corrected chi connectivity index (χ1v) is 7.12. The van der Waals surface area contributed by atoms with E-state index >= 15 is 0 Å². The van der Waals surface area contributed by atoms with Gasteiger partial charge in [0, 0.05) is 13.0 Å². The van der Waals surface area contributed by atoms with Crippen molar-refractivity contribution in [1.82, 2.24) is 5.32 Å². The molecule has 2 rings (SSSR count). The van der Waals surface area contributed by atoms with E-state index in [-0.39, 0.29) is 0 Å². The first-order valence-electron chi connectivity index (χ1n) is 6.37. The predicted octanol–water partition coefficient (Wildman–Crippen LogP) is 3.72. The van der Waals surface area contributed by atoms with E-state index in [0.717, 1.165) is 19.7 Å². The van der Waals surface area contributed by atoms with Crippen molar-refractivity contribution >= 4 is 23.2 Å². The van der Waals surface area contributed by atoms with Crippen LogP contribution in [0.15, 0.2) is 18.2 Å². The van der Waals surface area contributed by atoms with E-state index in [0.29, 0.717) is 21.9 Å². The fourth-order valence-electron chi connectivity index (χ4n) is 2.67. The van der Waals surface area contributed by atoms with Crippen molar-refractivity contribution in [2.24, 2.45) is 5.92 Å². The fourth-order valence-corrected chi connectivity index (χ4v) is 2.98. The minimum Gasteiger partial charge on any atom is -0.384 e. The first kappa shape index (κ1) is 14.1. The second-order valence-corrected chi connectivity index (χ2v) is 5.64. The summed E-state index contributed by atoms with van der Waals surface area (Å²) in [5.74, 6) is 1.07. The Morgan fingerprint density at radius 3 is 2.61 bits per heavy atom. The van der Waals surface area contributed by atoms with E-state index in [4.69, 9.17) is 27.9 Å². The number of halogens is 2. The summed E-state index contributed by atoms with van der Waals surface area (Å²) in [5, 5.41) is 4.64. The molecule has 1 N–H and O–H groups in total. The van der Waals surface area contributed by atoms with Crippen LogP contribution in [0.1, 0.15) is 24.3 Å². The summed E-state index contributed by atoms with van der Waals surface area (Å²) in [6, 6.07) is 5.93. The van der Waals surface area contributed by atoms with Crippen molar-refractivity contribution in [3.63, 3.8) is 0 Å².